The summed E-state index contributed by atoms with van der Waals surface area (Å²) >= 11 is 7.28. The molecule has 1 N–H and O–H groups in total. The normalized spacial score (nSPS) is 12.1. The zero-order valence-electron chi connectivity index (χ0n) is 10.0. The number of anilines is 1. The molecule has 0 saturated heterocycles. The maximum absolute atomic E-state index is 10.9. The van der Waals surface area contributed by atoms with Crippen molar-refractivity contribution < 1.29 is 4.92 Å². The number of nitrogens with zero attached hydrogens (tertiary/aromatic N) is 3. The molecule has 2 heterocycles. The summed E-state index contributed by atoms with van der Waals surface area (Å²) in [6, 6.07) is 2.02. The average Bonchev–Trinajstić information content (AvgIpc) is 2.81. The smallest absolute Gasteiger partial charge is 0.329 e. The summed E-state index contributed by atoms with van der Waals surface area (Å²) in [5.41, 5.74) is 0.995. The molecule has 0 fully saturated rings. The van der Waals surface area contributed by atoms with Crippen LogP contribution < -0.4 is 5.32 Å². The molecule has 100 valence electrons. The molecule has 0 radical (unpaired) electrons. The second-order valence-electron chi connectivity index (χ2n) is 4.01. The van der Waals surface area contributed by atoms with Gasteiger partial charge in [0.1, 0.15) is 6.20 Å². The van der Waals surface area contributed by atoms with Crippen molar-refractivity contribution in [3.63, 3.8) is 0 Å². The lowest BCUT2D eigenvalue weighted by Crippen LogP contribution is -2.19. The number of nitro groups is 1. The number of hydrogen-bond donors (Lipinski definition) is 1. The second-order valence-corrected chi connectivity index (χ2v) is 5.13. The first-order valence-corrected chi connectivity index (χ1v) is 6.83. The molecule has 0 amide bonds. The van der Waals surface area contributed by atoms with Gasteiger partial charge in [-0.1, -0.05) is 0 Å². The van der Waals surface area contributed by atoms with Crippen LogP contribution in [-0.4, -0.2) is 20.9 Å². The summed E-state index contributed by atoms with van der Waals surface area (Å²) < 4.78 is 0. The van der Waals surface area contributed by atoms with Crippen LogP contribution in [0.4, 0.5) is 11.5 Å². The molecular formula is C11H11ClN4O2S. The van der Waals surface area contributed by atoms with E-state index in [4.69, 9.17) is 11.6 Å². The van der Waals surface area contributed by atoms with Gasteiger partial charge in [-0.05, 0) is 47.3 Å². The van der Waals surface area contributed by atoms with Crippen LogP contribution >= 0.6 is 22.9 Å². The zero-order chi connectivity index (χ0) is 13.8. The SMILES string of the molecule is CC(Cc1ccsc1)Nc1nc(Cl)ncc1[N+](=O)[O-]. The van der Waals surface area contributed by atoms with Crippen LogP contribution in [0.2, 0.25) is 5.28 Å². The van der Waals surface area contributed by atoms with Gasteiger partial charge in [0, 0.05) is 6.04 Å². The van der Waals surface area contributed by atoms with Gasteiger partial charge in [0.2, 0.25) is 11.1 Å². The first-order chi connectivity index (χ1) is 9.06. The third kappa shape index (κ3) is 3.62. The topological polar surface area (TPSA) is 81.0 Å². The van der Waals surface area contributed by atoms with Gasteiger partial charge in [-0.3, -0.25) is 10.1 Å². The predicted molar refractivity (Wildman–Crippen MR) is 74.8 cm³/mol. The Balaban J connectivity index is 2.13. The number of aromatic nitrogens is 2. The Bertz CT molecular complexity index is 576. The lowest BCUT2D eigenvalue weighted by atomic mass is 10.1. The Hall–Kier alpha value is -1.73. The molecule has 0 aliphatic carbocycles. The molecule has 0 spiro atoms. The first-order valence-electron chi connectivity index (χ1n) is 5.51. The van der Waals surface area contributed by atoms with Crippen molar-refractivity contribution in [2.24, 2.45) is 0 Å². The molecule has 19 heavy (non-hydrogen) atoms. The lowest BCUT2D eigenvalue weighted by molar-refractivity contribution is -0.384. The molecular weight excluding hydrogens is 288 g/mol. The lowest BCUT2D eigenvalue weighted by Gasteiger charge is -2.13. The van der Waals surface area contributed by atoms with Crippen molar-refractivity contribution in [2.45, 2.75) is 19.4 Å². The summed E-state index contributed by atoms with van der Waals surface area (Å²) in [4.78, 5) is 17.8. The number of thiophene rings is 1. The quantitative estimate of drug-likeness (QED) is 0.521. The number of rotatable bonds is 5. The van der Waals surface area contributed by atoms with Gasteiger partial charge in [0.25, 0.3) is 0 Å². The Morgan fingerprint density at radius 1 is 1.63 bits per heavy atom. The van der Waals surface area contributed by atoms with E-state index >= 15 is 0 Å². The highest BCUT2D eigenvalue weighted by Gasteiger charge is 2.18. The van der Waals surface area contributed by atoms with E-state index in [-0.39, 0.29) is 22.8 Å². The van der Waals surface area contributed by atoms with Crippen LogP contribution in [0.5, 0.6) is 0 Å². The third-order valence-electron chi connectivity index (χ3n) is 2.44. The minimum Gasteiger partial charge on any atom is -0.361 e. The standard InChI is InChI=1S/C11H11ClN4O2S/c1-7(4-8-2-3-19-6-8)14-10-9(16(17)18)5-13-11(12)15-10/h2-3,5-7H,4H2,1H3,(H,13,14,15). The molecule has 2 rings (SSSR count). The molecule has 2 aromatic rings. The average molecular weight is 299 g/mol. The molecule has 1 unspecified atom stereocenters. The van der Waals surface area contributed by atoms with E-state index < -0.39 is 4.92 Å². The molecule has 0 aliphatic rings. The van der Waals surface area contributed by atoms with Crippen LogP contribution in [0.15, 0.2) is 23.0 Å². The van der Waals surface area contributed by atoms with E-state index in [0.29, 0.717) is 0 Å². The van der Waals surface area contributed by atoms with Gasteiger partial charge in [0.05, 0.1) is 4.92 Å². The minimum absolute atomic E-state index is 0.000679. The Morgan fingerprint density at radius 3 is 3.05 bits per heavy atom. The molecule has 0 saturated carbocycles. The molecule has 0 bridgehead atoms. The van der Waals surface area contributed by atoms with E-state index in [1.54, 1.807) is 11.3 Å². The van der Waals surface area contributed by atoms with E-state index in [2.05, 4.69) is 15.3 Å². The summed E-state index contributed by atoms with van der Waals surface area (Å²) in [5.74, 6) is 0.146. The maximum atomic E-state index is 10.9. The van der Waals surface area contributed by atoms with Crippen LogP contribution in [0.1, 0.15) is 12.5 Å². The summed E-state index contributed by atoms with van der Waals surface area (Å²) in [6.45, 7) is 1.93. The van der Waals surface area contributed by atoms with Crippen LogP contribution in [-0.2, 0) is 6.42 Å². The van der Waals surface area contributed by atoms with Crippen molar-refractivity contribution in [3.8, 4) is 0 Å². The van der Waals surface area contributed by atoms with Gasteiger partial charge in [-0.15, -0.1) is 0 Å². The highest BCUT2D eigenvalue weighted by Crippen LogP contribution is 2.23. The summed E-state index contributed by atoms with van der Waals surface area (Å²) in [7, 11) is 0. The molecule has 0 aromatic carbocycles. The van der Waals surface area contributed by atoms with Crippen LogP contribution in [0.3, 0.4) is 0 Å². The van der Waals surface area contributed by atoms with Gasteiger partial charge >= 0.3 is 5.69 Å². The fourth-order valence-electron chi connectivity index (χ4n) is 1.64. The maximum Gasteiger partial charge on any atom is 0.329 e. The molecule has 1 atom stereocenters. The Morgan fingerprint density at radius 2 is 2.42 bits per heavy atom. The van der Waals surface area contributed by atoms with E-state index in [1.165, 1.54) is 5.56 Å². The van der Waals surface area contributed by atoms with Crippen molar-refractivity contribution in [2.75, 3.05) is 5.32 Å². The van der Waals surface area contributed by atoms with E-state index in [1.807, 2.05) is 23.8 Å². The summed E-state index contributed by atoms with van der Waals surface area (Å²) in [5, 5.41) is 17.9. The van der Waals surface area contributed by atoms with Crippen molar-refractivity contribution in [3.05, 3.63) is 44.0 Å². The molecule has 0 aliphatic heterocycles. The van der Waals surface area contributed by atoms with Gasteiger partial charge in [0.15, 0.2) is 0 Å². The number of hydrogen-bond acceptors (Lipinski definition) is 6. The van der Waals surface area contributed by atoms with Gasteiger partial charge in [-0.2, -0.15) is 16.3 Å². The van der Waals surface area contributed by atoms with Crippen LogP contribution in [0.25, 0.3) is 0 Å². The predicted octanol–water partition coefficient (Wildman–Crippen LogP) is 3.14. The third-order valence-corrected chi connectivity index (χ3v) is 3.36. The second kappa shape index (κ2) is 5.94. The fraction of sp³-hybridized carbons (Fsp3) is 0.273. The van der Waals surface area contributed by atoms with Crippen molar-refractivity contribution >= 4 is 34.4 Å². The van der Waals surface area contributed by atoms with E-state index in [0.717, 1.165) is 12.6 Å². The van der Waals surface area contributed by atoms with Gasteiger partial charge in [-0.25, -0.2) is 4.98 Å². The largest absolute Gasteiger partial charge is 0.361 e. The van der Waals surface area contributed by atoms with Crippen LogP contribution in [0, 0.1) is 10.1 Å². The van der Waals surface area contributed by atoms with Crippen molar-refractivity contribution in [1.82, 2.24) is 9.97 Å². The highest BCUT2D eigenvalue weighted by atomic mass is 35.5. The first kappa shape index (κ1) is 13.7. The summed E-state index contributed by atoms with van der Waals surface area (Å²) in [6.07, 6.45) is 1.86. The zero-order valence-corrected chi connectivity index (χ0v) is 11.6. The fourth-order valence-corrected chi connectivity index (χ4v) is 2.46. The van der Waals surface area contributed by atoms with E-state index in [9.17, 15) is 10.1 Å². The number of halogens is 1. The minimum atomic E-state index is -0.532. The Labute approximate surface area is 118 Å². The monoisotopic (exact) mass is 298 g/mol. The number of nitrogens with one attached hydrogen (secondary N) is 1. The van der Waals surface area contributed by atoms with Gasteiger partial charge < -0.3 is 5.32 Å². The molecule has 2 aromatic heterocycles. The Kier molecular flexibility index (Phi) is 4.28. The van der Waals surface area contributed by atoms with Crippen molar-refractivity contribution in [1.29, 1.82) is 0 Å². The molecule has 6 nitrogen and oxygen atoms in total. The molecule has 8 heteroatoms. The highest BCUT2D eigenvalue weighted by molar-refractivity contribution is 7.07.